The maximum absolute atomic E-state index is 12.0. The van der Waals surface area contributed by atoms with Gasteiger partial charge in [-0.3, -0.25) is 10.1 Å². The quantitative estimate of drug-likeness (QED) is 0.671. The summed E-state index contributed by atoms with van der Waals surface area (Å²) in [6, 6.07) is 0.493. The van der Waals surface area contributed by atoms with E-state index in [2.05, 4.69) is 31.1 Å². The first kappa shape index (κ1) is 15.4. The maximum Gasteiger partial charge on any atom is 0.327 e. The van der Waals surface area contributed by atoms with E-state index < -0.39 is 5.54 Å². The van der Waals surface area contributed by atoms with Crippen molar-refractivity contribution in [3.05, 3.63) is 0 Å². The van der Waals surface area contributed by atoms with Crippen molar-refractivity contribution in [3.8, 4) is 0 Å². The van der Waals surface area contributed by atoms with Crippen molar-refractivity contribution in [2.75, 3.05) is 27.2 Å². The molecule has 4 heteroatoms. The molecule has 0 aliphatic heterocycles. The predicted molar refractivity (Wildman–Crippen MR) is 73.5 cm³/mol. The SMILES string of the molecule is COC(=O)C(C)(CN(C)CCC(C)C)NC1CC1. The number of likely N-dealkylation sites (N-methyl/N-ethyl adjacent to an activating group) is 1. The minimum atomic E-state index is -0.582. The van der Waals surface area contributed by atoms with Crippen LogP contribution in [0.3, 0.4) is 0 Å². The van der Waals surface area contributed by atoms with E-state index in [1.165, 1.54) is 20.0 Å². The van der Waals surface area contributed by atoms with Gasteiger partial charge in [0, 0.05) is 12.6 Å². The lowest BCUT2D eigenvalue weighted by atomic mass is 10.0. The molecule has 0 amide bonds. The van der Waals surface area contributed by atoms with E-state index in [-0.39, 0.29) is 5.97 Å². The van der Waals surface area contributed by atoms with E-state index in [0.717, 1.165) is 13.0 Å². The van der Waals surface area contributed by atoms with Crippen LogP contribution in [-0.4, -0.2) is 49.7 Å². The summed E-state index contributed by atoms with van der Waals surface area (Å²) >= 11 is 0. The average molecular weight is 256 g/mol. The Bertz CT molecular complexity index is 277. The third-order valence-corrected chi connectivity index (χ3v) is 3.41. The third kappa shape index (κ3) is 4.94. The van der Waals surface area contributed by atoms with Crippen molar-refractivity contribution in [3.63, 3.8) is 0 Å². The van der Waals surface area contributed by atoms with Crippen LogP contribution in [0, 0.1) is 5.92 Å². The molecule has 1 saturated carbocycles. The predicted octanol–water partition coefficient (Wildman–Crippen LogP) is 1.65. The van der Waals surface area contributed by atoms with Crippen LogP contribution in [0.4, 0.5) is 0 Å². The molecular weight excluding hydrogens is 228 g/mol. The Hall–Kier alpha value is -0.610. The van der Waals surface area contributed by atoms with E-state index in [4.69, 9.17) is 4.74 Å². The van der Waals surface area contributed by atoms with Crippen molar-refractivity contribution < 1.29 is 9.53 Å². The van der Waals surface area contributed by atoms with Gasteiger partial charge in [-0.15, -0.1) is 0 Å². The smallest absolute Gasteiger partial charge is 0.327 e. The van der Waals surface area contributed by atoms with E-state index >= 15 is 0 Å². The molecule has 1 atom stereocenters. The number of nitrogens with zero attached hydrogens (tertiary/aromatic N) is 1. The number of carbonyl (C=O) groups is 1. The summed E-state index contributed by atoms with van der Waals surface area (Å²) in [5.41, 5.74) is -0.582. The zero-order valence-electron chi connectivity index (χ0n) is 12.5. The Kier molecular flexibility index (Phi) is 5.60. The topological polar surface area (TPSA) is 41.6 Å². The molecule has 18 heavy (non-hydrogen) atoms. The molecule has 0 heterocycles. The number of ether oxygens (including phenoxy) is 1. The highest BCUT2D eigenvalue weighted by molar-refractivity contribution is 5.80. The summed E-state index contributed by atoms with van der Waals surface area (Å²) in [6.07, 6.45) is 3.49. The second-order valence-electron chi connectivity index (χ2n) is 6.16. The molecule has 0 saturated heterocycles. The van der Waals surface area contributed by atoms with Crippen LogP contribution in [0.2, 0.25) is 0 Å². The van der Waals surface area contributed by atoms with Gasteiger partial charge in [-0.05, 0) is 45.7 Å². The van der Waals surface area contributed by atoms with Crippen molar-refractivity contribution in [1.29, 1.82) is 0 Å². The van der Waals surface area contributed by atoms with Gasteiger partial charge in [-0.25, -0.2) is 0 Å². The second kappa shape index (κ2) is 6.53. The van der Waals surface area contributed by atoms with Gasteiger partial charge >= 0.3 is 5.97 Å². The van der Waals surface area contributed by atoms with Crippen LogP contribution >= 0.6 is 0 Å². The highest BCUT2D eigenvalue weighted by Gasteiger charge is 2.40. The molecule has 106 valence electrons. The Labute approximate surface area is 111 Å². The molecule has 1 rings (SSSR count). The lowest BCUT2D eigenvalue weighted by Crippen LogP contribution is -2.57. The number of hydrogen-bond donors (Lipinski definition) is 1. The summed E-state index contributed by atoms with van der Waals surface area (Å²) in [4.78, 5) is 14.2. The van der Waals surface area contributed by atoms with Crippen LogP contribution in [0.5, 0.6) is 0 Å². The molecule has 4 nitrogen and oxygen atoms in total. The molecule has 1 N–H and O–H groups in total. The second-order valence-corrected chi connectivity index (χ2v) is 6.16. The molecule has 0 spiro atoms. The molecule has 1 aliphatic rings. The number of rotatable bonds is 8. The van der Waals surface area contributed by atoms with Crippen LogP contribution in [0.25, 0.3) is 0 Å². The summed E-state index contributed by atoms with van der Waals surface area (Å²) in [5, 5.41) is 3.42. The molecule has 0 aromatic heterocycles. The van der Waals surface area contributed by atoms with Gasteiger partial charge in [0.2, 0.25) is 0 Å². The molecule has 0 aromatic rings. The van der Waals surface area contributed by atoms with E-state index in [1.54, 1.807) is 0 Å². The summed E-state index contributed by atoms with van der Waals surface area (Å²) < 4.78 is 4.94. The van der Waals surface area contributed by atoms with Gasteiger partial charge in [0.25, 0.3) is 0 Å². The summed E-state index contributed by atoms with van der Waals surface area (Å²) in [7, 11) is 3.53. The first-order chi connectivity index (χ1) is 8.37. The lowest BCUT2D eigenvalue weighted by Gasteiger charge is -2.32. The molecule has 0 bridgehead atoms. The van der Waals surface area contributed by atoms with Crippen molar-refractivity contribution in [2.45, 2.75) is 51.6 Å². The van der Waals surface area contributed by atoms with Crippen LogP contribution < -0.4 is 5.32 Å². The Morgan fingerprint density at radius 1 is 1.50 bits per heavy atom. The van der Waals surface area contributed by atoms with Crippen molar-refractivity contribution in [2.24, 2.45) is 5.92 Å². The molecule has 0 aromatic carbocycles. The Morgan fingerprint density at radius 2 is 2.11 bits per heavy atom. The normalized spacial score (nSPS) is 19.1. The lowest BCUT2D eigenvalue weighted by molar-refractivity contribution is -0.148. The fourth-order valence-electron chi connectivity index (χ4n) is 2.17. The maximum atomic E-state index is 12.0. The fraction of sp³-hybridized carbons (Fsp3) is 0.929. The molecular formula is C14H28N2O2. The summed E-state index contributed by atoms with van der Waals surface area (Å²) in [6.45, 7) is 8.09. The van der Waals surface area contributed by atoms with Gasteiger partial charge in [0.1, 0.15) is 5.54 Å². The number of carbonyl (C=O) groups excluding carboxylic acids is 1. The van der Waals surface area contributed by atoms with Gasteiger partial charge in [0.15, 0.2) is 0 Å². The van der Waals surface area contributed by atoms with Crippen LogP contribution in [-0.2, 0) is 9.53 Å². The summed E-state index contributed by atoms with van der Waals surface area (Å²) in [5.74, 6) is 0.527. The van der Waals surface area contributed by atoms with Crippen LogP contribution in [0.1, 0.15) is 40.0 Å². The van der Waals surface area contributed by atoms with Crippen LogP contribution in [0.15, 0.2) is 0 Å². The number of methoxy groups -OCH3 is 1. The fourth-order valence-corrected chi connectivity index (χ4v) is 2.17. The highest BCUT2D eigenvalue weighted by atomic mass is 16.5. The van der Waals surface area contributed by atoms with E-state index in [9.17, 15) is 4.79 Å². The number of esters is 1. The Balaban J connectivity index is 2.51. The largest absolute Gasteiger partial charge is 0.468 e. The number of hydrogen-bond acceptors (Lipinski definition) is 4. The monoisotopic (exact) mass is 256 g/mol. The first-order valence-corrected chi connectivity index (χ1v) is 6.92. The molecule has 1 aliphatic carbocycles. The minimum Gasteiger partial charge on any atom is -0.468 e. The van der Waals surface area contributed by atoms with Gasteiger partial charge in [-0.1, -0.05) is 13.8 Å². The highest BCUT2D eigenvalue weighted by Crippen LogP contribution is 2.23. The minimum absolute atomic E-state index is 0.161. The zero-order valence-corrected chi connectivity index (χ0v) is 12.5. The first-order valence-electron chi connectivity index (χ1n) is 6.92. The van der Waals surface area contributed by atoms with Crippen molar-refractivity contribution in [1.82, 2.24) is 10.2 Å². The van der Waals surface area contributed by atoms with Gasteiger partial charge in [0.05, 0.1) is 7.11 Å². The Morgan fingerprint density at radius 3 is 2.56 bits per heavy atom. The molecule has 0 radical (unpaired) electrons. The third-order valence-electron chi connectivity index (χ3n) is 3.41. The van der Waals surface area contributed by atoms with E-state index in [1.807, 2.05) is 6.92 Å². The number of nitrogens with one attached hydrogen (secondary N) is 1. The molecule has 1 fully saturated rings. The average Bonchev–Trinajstić information content (AvgIpc) is 3.08. The van der Waals surface area contributed by atoms with Gasteiger partial charge < -0.3 is 9.64 Å². The standard InChI is InChI=1S/C14H28N2O2/c1-11(2)8-9-16(4)10-14(3,13(17)18-5)15-12-6-7-12/h11-12,15H,6-10H2,1-5H3. The van der Waals surface area contributed by atoms with Gasteiger partial charge in [-0.2, -0.15) is 0 Å². The molecule has 1 unspecified atom stereocenters. The van der Waals surface area contributed by atoms with Crippen molar-refractivity contribution >= 4 is 5.97 Å². The van der Waals surface area contributed by atoms with E-state index in [0.29, 0.717) is 18.5 Å². The zero-order chi connectivity index (χ0) is 13.8.